The Labute approximate surface area is 153 Å². The van der Waals surface area contributed by atoms with E-state index < -0.39 is 0 Å². The molecule has 0 spiro atoms. The van der Waals surface area contributed by atoms with Gasteiger partial charge in [-0.3, -0.25) is 4.79 Å². The van der Waals surface area contributed by atoms with Crippen molar-refractivity contribution in [1.82, 2.24) is 34.1 Å². The lowest BCUT2D eigenvalue weighted by atomic mass is 10.2. The lowest BCUT2D eigenvalue weighted by Crippen LogP contribution is -2.31. The third-order valence-electron chi connectivity index (χ3n) is 4.80. The molecule has 0 aromatic carbocycles. The second-order valence-electron chi connectivity index (χ2n) is 6.54. The lowest BCUT2D eigenvalue weighted by Gasteiger charge is -2.13. The normalized spacial score (nSPS) is 17.3. The van der Waals surface area contributed by atoms with Crippen LogP contribution >= 0.6 is 0 Å². The third kappa shape index (κ3) is 2.45. The molecule has 3 N–H and O–H groups in total. The molecule has 0 saturated carbocycles. The Hall–Kier alpha value is -3.69. The minimum Gasteiger partial charge on any atom is -0.382 e. The summed E-state index contributed by atoms with van der Waals surface area (Å²) in [6, 6.07) is 5.27. The topological polar surface area (TPSA) is 119 Å². The van der Waals surface area contributed by atoms with Gasteiger partial charge in [-0.15, -0.1) is 5.10 Å². The molecule has 1 aliphatic rings. The zero-order valence-corrected chi connectivity index (χ0v) is 14.6. The number of carbonyl (C=O) groups excluding carboxylic acids is 1. The van der Waals surface area contributed by atoms with Gasteiger partial charge in [-0.25, -0.2) is 14.0 Å². The van der Waals surface area contributed by atoms with E-state index in [2.05, 4.69) is 25.5 Å². The quantitative estimate of drug-likeness (QED) is 0.549. The summed E-state index contributed by atoms with van der Waals surface area (Å²) in [6.07, 6.45) is 6.05. The van der Waals surface area contributed by atoms with Crippen molar-refractivity contribution >= 4 is 28.8 Å². The molecule has 5 rings (SSSR count). The van der Waals surface area contributed by atoms with Gasteiger partial charge in [0.25, 0.3) is 0 Å². The smallest absolute Gasteiger partial charge is 0.244 e. The molecule has 1 atom stereocenters. The van der Waals surface area contributed by atoms with Gasteiger partial charge < -0.3 is 16.0 Å². The van der Waals surface area contributed by atoms with Crippen LogP contribution in [0.3, 0.4) is 0 Å². The zero-order valence-electron chi connectivity index (χ0n) is 14.6. The first-order valence-corrected chi connectivity index (χ1v) is 8.57. The maximum Gasteiger partial charge on any atom is 0.244 e. The van der Waals surface area contributed by atoms with E-state index in [1.165, 1.54) is 0 Å². The Morgan fingerprint density at radius 2 is 2.04 bits per heavy atom. The van der Waals surface area contributed by atoms with Crippen LogP contribution in [0.2, 0.25) is 0 Å². The van der Waals surface area contributed by atoms with Crippen LogP contribution in [0.15, 0.2) is 36.8 Å². The number of hydrogen-bond acceptors (Lipinski definition) is 7. The molecular weight excluding hydrogens is 346 g/mol. The Kier molecular flexibility index (Phi) is 3.26. The molecule has 0 bridgehead atoms. The number of rotatable bonds is 3. The van der Waals surface area contributed by atoms with Crippen LogP contribution in [-0.2, 0) is 4.79 Å². The summed E-state index contributed by atoms with van der Waals surface area (Å²) in [4.78, 5) is 22.7. The summed E-state index contributed by atoms with van der Waals surface area (Å²) in [5.74, 6) is 0.681. The van der Waals surface area contributed by atoms with E-state index >= 15 is 0 Å². The number of nitrogens with zero attached hydrogens (tertiary/aromatic N) is 7. The minimum absolute atomic E-state index is 0.0313. The highest BCUT2D eigenvalue weighted by atomic mass is 16.2. The van der Waals surface area contributed by atoms with Crippen molar-refractivity contribution in [1.29, 1.82) is 0 Å². The lowest BCUT2D eigenvalue weighted by molar-refractivity contribution is -0.127. The molecule has 5 heterocycles. The van der Waals surface area contributed by atoms with E-state index in [4.69, 9.17) is 5.73 Å². The second-order valence-corrected chi connectivity index (χ2v) is 6.54. The van der Waals surface area contributed by atoms with Crippen molar-refractivity contribution in [3.63, 3.8) is 0 Å². The Morgan fingerprint density at radius 3 is 2.85 bits per heavy atom. The average molecular weight is 363 g/mol. The second kappa shape index (κ2) is 5.66. The summed E-state index contributed by atoms with van der Waals surface area (Å²) in [6.45, 7) is 0.713. The van der Waals surface area contributed by atoms with Gasteiger partial charge in [-0.2, -0.15) is 10.1 Å². The number of carbonyl (C=O) groups is 1. The van der Waals surface area contributed by atoms with Crippen LogP contribution in [0.5, 0.6) is 0 Å². The number of fused-ring (bicyclic) bond motifs is 2. The van der Waals surface area contributed by atoms with Crippen molar-refractivity contribution in [2.75, 3.05) is 24.6 Å². The maximum atomic E-state index is 12.1. The summed E-state index contributed by atoms with van der Waals surface area (Å²) < 4.78 is 3.35. The zero-order chi connectivity index (χ0) is 18.5. The molecule has 1 amide bonds. The third-order valence-corrected chi connectivity index (χ3v) is 4.80. The first-order chi connectivity index (χ1) is 13.1. The van der Waals surface area contributed by atoms with Crippen LogP contribution in [0.1, 0.15) is 6.42 Å². The highest BCUT2D eigenvalue weighted by Gasteiger charge is 2.29. The first kappa shape index (κ1) is 15.6. The molecule has 10 nitrogen and oxygen atoms in total. The van der Waals surface area contributed by atoms with Crippen molar-refractivity contribution in [2.24, 2.45) is 0 Å². The number of amides is 1. The van der Waals surface area contributed by atoms with Gasteiger partial charge in [0.2, 0.25) is 11.9 Å². The number of likely N-dealkylation sites (N-methyl/N-ethyl adjacent to an activating group) is 1. The number of likely N-dealkylation sites (tertiary alicyclic amines) is 1. The number of nitrogens with two attached hydrogens (primary N) is 1. The number of nitrogen functional groups attached to an aromatic ring is 1. The fraction of sp³-hybridized carbons (Fsp3) is 0.235. The van der Waals surface area contributed by atoms with Crippen molar-refractivity contribution in [3.8, 4) is 11.3 Å². The van der Waals surface area contributed by atoms with E-state index in [0.717, 1.165) is 16.9 Å². The van der Waals surface area contributed by atoms with Crippen molar-refractivity contribution < 1.29 is 4.79 Å². The first-order valence-electron chi connectivity index (χ1n) is 8.57. The molecule has 0 radical (unpaired) electrons. The Balaban J connectivity index is 1.53. The Morgan fingerprint density at radius 1 is 1.19 bits per heavy atom. The largest absolute Gasteiger partial charge is 0.382 e. The SMILES string of the molecule is CN1CC[C@@H](Nc2nc(N)c3c(-c4ccn5nccc5n4)ccn3n2)C1=O. The van der Waals surface area contributed by atoms with Crippen molar-refractivity contribution in [3.05, 3.63) is 36.8 Å². The van der Waals surface area contributed by atoms with Gasteiger partial charge >= 0.3 is 0 Å². The summed E-state index contributed by atoms with van der Waals surface area (Å²) in [5.41, 5.74) is 9.22. The van der Waals surface area contributed by atoms with Crippen LogP contribution < -0.4 is 11.1 Å². The summed E-state index contributed by atoms with van der Waals surface area (Å²) in [5, 5.41) is 11.7. The molecule has 136 valence electrons. The molecule has 4 aromatic rings. The summed E-state index contributed by atoms with van der Waals surface area (Å²) >= 11 is 0. The van der Waals surface area contributed by atoms with E-state index in [1.54, 1.807) is 33.4 Å². The number of nitrogens with one attached hydrogen (secondary N) is 1. The summed E-state index contributed by atoms with van der Waals surface area (Å²) in [7, 11) is 1.78. The molecule has 1 aliphatic heterocycles. The molecule has 0 aliphatic carbocycles. The molecule has 27 heavy (non-hydrogen) atoms. The van der Waals surface area contributed by atoms with Gasteiger partial charge in [0.15, 0.2) is 11.5 Å². The van der Waals surface area contributed by atoms with Gasteiger partial charge in [-0.1, -0.05) is 0 Å². The van der Waals surface area contributed by atoms with Crippen LogP contribution in [0.4, 0.5) is 11.8 Å². The molecule has 0 unspecified atom stereocenters. The minimum atomic E-state index is -0.326. The molecular formula is C17H17N9O. The van der Waals surface area contributed by atoms with Crippen LogP contribution in [0, 0.1) is 0 Å². The highest BCUT2D eigenvalue weighted by Crippen LogP contribution is 2.28. The molecule has 1 fully saturated rings. The van der Waals surface area contributed by atoms with Gasteiger partial charge in [-0.05, 0) is 18.6 Å². The van der Waals surface area contributed by atoms with E-state index in [1.807, 2.05) is 24.4 Å². The number of aromatic nitrogens is 6. The monoisotopic (exact) mass is 363 g/mol. The number of anilines is 2. The fourth-order valence-corrected chi connectivity index (χ4v) is 3.39. The van der Waals surface area contributed by atoms with Gasteiger partial charge in [0.05, 0.1) is 11.9 Å². The van der Waals surface area contributed by atoms with Crippen LogP contribution in [0.25, 0.3) is 22.4 Å². The number of hydrogen-bond donors (Lipinski definition) is 2. The standard InChI is InChI=1S/C17H17N9O/c1-24-7-4-12(16(24)27)21-17-22-15(18)14-10(3-8-26(14)23-17)11-5-9-25-13(20-11)2-6-19-25/h2-3,5-6,8-9,12H,4,7H2,1H3,(H3,18,21,22,23)/t12-/m1/s1. The van der Waals surface area contributed by atoms with E-state index in [-0.39, 0.29) is 11.9 Å². The molecule has 4 aromatic heterocycles. The van der Waals surface area contributed by atoms with Gasteiger partial charge in [0.1, 0.15) is 11.6 Å². The molecule has 1 saturated heterocycles. The Bertz CT molecular complexity index is 1180. The fourth-order valence-electron chi connectivity index (χ4n) is 3.39. The maximum absolute atomic E-state index is 12.1. The predicted molar refractivity (Wildman–Crippen MR) is 99.0 cm³/mol. The van der Waals surface area contributed by atoms with E-state index in [9.17, 15) is 4.79 Å². The van der Waals surface area contributed by atoms with Gasteiger partial charge in [0, 0.05) is 37.6 Å². The molecule has 10 heteroatoms. The average Bonchev–Trinajstić information content (AvgIpc) is 3.36. The van der Waals surface area contributed by atoms with Crippen LogP contribution in [-0.4, -0.2) is 59.6 Å². The van der Waals surface area contributed by atoms with Crippen molar-refractivity contribution in [2.45, 2.75) is 12.5 Å². The highest BCUT2D eigenvalue weighted by molar-refractivity contribution is 5.88. The van der Waals surface area contributed by atoms with E-state index in [0.29, 0.717) is 30.2 Å². The predicted octanol–water partition coefficient (Wildman–Crippen LogP) is 0.664.